The van der Waals surface area contributed by atoms with E-state index in [0.29, 0.717) is 23.8 Å². The van der Waals surface area contributed by atoms with E-state index in [1.165, 1.54) is 6.33 Å². The summed E-state index contributed by atoms with van der Waals surface area (Å²) in [6.45, 7) is 0.379. The van der Waals surface area contributed by atoms with Crippen LogP contribution in [0.2, 0.25) is 5.02 Å². The lowest BCUT2D eigenvalue weighted by molar-refractivity contribution is -0.120. The highest BCUT2D eigenvalue weighted by Gasteiger charge is 2.03. The minimum absolute atomic E-state index is 0.00198. The highest BCUT2D eigenvalue weighted by molar-refractivity contribution is 7.99. The average Bonchev–Trinajstić information content (AvgIpc) is 2.92. The van der Waals surface area contributed by atoms with Gasteiger partial charge in [-0.25, -0.2) is 4.98 Å². The molecule has 1 aromatic carbocycles. The molecule has 0 spiro atoms. The first-order valence-corrected chi connectivity index (χ1v) is 7.10. The van der Waals surface area contributed by atoms with Crippen LogP contribution >= 0.6 is 23.4 Å². The third kappa shape index (κ3) is 4.92. The maximum atomic E-state index is 11.6. The number of amides is 1. The van der Waals surface area contributed by atoms with Crippen LogP contribution < -0.4 is 5.32 Å². The van der Waals surface area contributed by atoms with Crippen LogP contribution in [-0.2, 0) is 11.3 Å². The Bertz CT molecular complexity index is 515. The molecular formula is C12H13ClN4OS. The van der Waals surface area contributed by atoms with Crippen molar-refractivity contribution < 1.29 is 4.79 Å². The number of nitrogens with zero attached hydrogens (tertiary/aromatic N) is 2. The maximum absolute atomic E-state index is 11.6. The van der Waals surface area contributed by atoms with Gasteiger partial charge in [-0.3, -0.25) is 9.89 Å². The molecule has 2 N–H and O–H groups in total. The number of benzene rings is 1. The smallest absolute Gasteiger partial charge is 0.221 e. The van der Waals surface area contributed by atoms with Crippen molar-refractivity contribution >= 4 is 29.3 Å². The second-order valence-electron chi connectivity index (χ2n) is 3.76. The summed E-state index contributed by atoms with van der Waals surface area (Å²) in [5.41, 5.74) is 0. The van der Waals surface area contributed by atoms with E-state index in [1.807, 2.05) is 24.3 Å². The lowest BCUT2D eigenvalue weighted by Crippen LogP contribution is -2.23. The third-order valence-electron chi connectivity index (χ3n) is 2.33. The number of halogens is 1. The van der Waals surface area contributed by atoms with Crippen molar-refractivity contribution in [3.05, 3.63) is 41.4 Å². The van der Waals surface area contributed by atoms with Gasteiger partial charge in [0, 0.05) is 22.1 Å². The Labute approximate surface area is 120 Å². The molecule has 1 aromatic heterocycles. The fourth-order valence-electron chi connectivity index (χ4n) is 1.38. The fourth-order valence-corrected chi connectivity index (χ4v) is 2.36. The van der Waals surface area contributed by atoms with E-state index < -0.39 is 0 Å². The van der Waals surface area contributed by atoms with Crippen LogP contribution in [0, 0.1) is 0 Å². The summed E-state index contributed by atoms with van der Waals surface area (Å²) in [5, 5.41) is 9.88. The van der Waals surface area contributed by atoms with Gasteiger partial charge in [0.25, 0.3) is 0 Å². The van der Waals surface area contributed by atoms with E-state index in [2.05, 4.69) is 20.5 Å². The molecule has 0 atom stereocenters. The highest BCUT2D eigenvalue weighted by Crippen LogP contribution is 2.20. The summed E-state index contributed by atoms with van der Waals surface area (Å²) in [6, 6.07) is 7.57. The summed E-state index contributed by atoms with van der Waals surface area (Å²) >= 11 is 7.42. The molecule has 2 rings (SSSR count). The summed E-state index contributed by atoms with van der Waals surface area (Å²) in [6.07, 6.45) is 1.87. The van der Waals surface area contributed by atoms with Crippen LogP contribution in [0.15, 0.2) is 35.5 Å². The summed E-state index contributed by atoms with van der Waals surface area (Å²) in [4.78, 5) is 16.6. The predicted octanol–water partition coefficient (Wildman–Crippen LogP) is 2.26. The van der Waals surface area contributed by atoms with Gasteiger partial charge in [0.1, 0.15) is 12.2 Å². The molecule has 0 aliphatic carbocycles. The number of H-pyrrole nitrogens is 1. The predicted molar refractivity (Wildman–Crippen MR) is 75.0 cm³/mol. The fraction of sp³-hybridized carbons (Fsp3) is 0.250. The number of hydrogen-bond donors (Lipinski definition) is 2. The molecule has 19 heavy (non-hydrogen) atoms. The monoisotopic (exact) mass is 296 g/mol. The molecule has 0 aliphatic rings. The van der Waals surface area contributed by atoms with Crippen LogP contribution in [0.5, 0.6) is 0 Å². The Morgan fingerprint density at radius 1 is 1.37 bits per heavy atom. The van der Waals surface area contributed by atoms with Crippen molar-refractivity contribution in [2.45, 2.75) is 17.9 Å². The van der Waals surface area contributed by atoms with E-state index >= 15 is 0 Å². The van der Waals surface area contributed by atoms with E-state index in [9.17, 15) is 4.79 Å². The Balaban J connectivity index is 1.65. The number of hydrogen-bond acceptors (Lipinski definition) is 4. The molecule has 5 nitrogen and oxygen atoms in total. The molecule has 0 fully saturated rings. The lowest BCUT2D eigenvalue weighted by Gasteiger charge is -2.03. The first kappa shape index (κ1) is 13.9. The number of nitrogens with one attached hydrogen (secondary N) is 2. The van der Waals surface area contributed by atoms with Gasteiger partial charge < -0.3 is 5.32 Å². The van der Waals surface area contributed by atoms with E-state index in [1.54, 1.807) is 11.8 Å². The Morgan fingerprint density at radius 2 is 2.16 bits per heavy atom. The van der Waals surface area contributed by atoms with Crippen molar-refractivity contribution in [1.29, 1.82) is 0 Å². The second-order valence-corrected chi connectivity index (χ2v) is 5.37. The van der Waals surface area contributed by atoms with Gasteiger partial charge in [0.05, 0.1) is 6.54 Å². The zero-order chi connectivity index (χ0) is 13.5. The van der Waals surface area contributed by atoms with Crippen molar-refractivity contribution in [3.63, 3.8) is 0 Å². The van der Waals surface area contributed by atoms with Crippen LogP contribution in [0.3, 0.4) is 0 Å². The van der Waals surface area contributed by atoms with E-state index in [4.69, 9.17) is 11.6 Å². The normalized spacial score (nSPS) is 10.4. The maximum Gasteiger partial charge on any atom is 0.221 e. The molecule has 7 heteroatoms. The number of aromatic amines is 1. The van der Waals surface area contributed by atoms with Crippen LogP contribution in [0.25, 0.3) is 0 Å². The number of aromatic nitrogens is 3. The Hall–Kier alpha value is -1.53. The molecule has 0 bridgehead atoms. The molecule has 1 amide bonds. The molecule has 0 saturated heterocycles. The molecule has 0 radical (unpaired) electrons. The van der Waals surface area contributed by atoms with Crippen molar-refractivity contribution in [3.8, 4) is 0 Å². The van der Waals surface area contributed by atoms with Crippen LogP contribution in [-0.4, -0.2) is 26.8 Å². The lowest BCUT2D eigenvalue weighted by atomic mass is 10.4. The summed E-state index contributed by atoms with van der Waals surface area (Å²) in [5.74, 6) is 1.38. The largest absolute Gasteiger partial charge is 0.349 e. The molecule has 1 heterocycles. The van der Waals surface area contributed by atoms with Gasteiger partial charge >= 0.3 is 0 Å². The minimum atomic E-state index is -0.00198. The molecule has 0 saturated carbocycles. The first-order valence-electron chi connectivity index (χ1n) is 5.73. The van der Waals surface area contributed by atoms with Crippen LogP contribution in [0.1, 0.15) is 12.2 Å². The van der Waals surface area contributed by atoms with Crippen molar-refractivity contribution in [2.24, 2.45) is 0 Å². The Kier molecular flexibility index (Phi) is 5.23. The molecule has 0 aliphatic heterocycles. The molecule has 100 valence electrons. The van der Waals surface area contributed by atoms with Gasteiger partial charge in [0.15, 0.2) is 0 Å². The van der Waals surface area contributed by atoms with E-state index in [-0.39, 0.29) is 5.91 Å². The number of carbonyl (C=O) groups excluding carboxylic acids is 1. The summed E-state index contributed by atoms with van der Waals surface area (Å²) in [7, 11) is 0. The topological polar surface area (TPSA) is 70.7 Å². The van der Waals surface area contributed by atoms with Crippen molar-refractivity contribution in [2.75, 3.05) is 5.75 Å². The number of thioether (sulfide) groups is 1. The molecule has 2 aromatic rings. The zero-order valence-electron chi connectivity index (χ0n) is 10.1. The first-order chi connectivity index (χ1) is 9.24. The number of rotatable bonds is 6. The third-order valence-corrected chi connectivity index (χ3v) is 3.60. The van der Waals surface area contributed by atoms with Gasteiger partial charge in [-0.15, -0.1) is 11.8 Å². The number of carbonyl (C=O) groups is 1. The SMILES string of the molecule is O=C(CCSc1ccc(Cl)cc1)NCc1ncn[nH]1. The molecule has 0 unspecified atom stereocenters. The quantitative estimate of drug-likeness (QED) is 0.802. The standard InChI is InChI=1S/C12H13ClN4OS/c13-9-1-3-10(4-2-9)19-6-5-12(18)14-7-11-15-8-16-17-11/h1-4,8H,5-7H2,(H,14,18)(H,15,16,17). The second kappa shape index (κ2) is 7.16. The highest BCUT2D eigenvalue weighted by atomic mass is 35.5. The van der Waals surface area contributed by atoms with Crippen molar-refractivity contribution in [1.82, 2.24) is 20.5 Å². The Morgan fingerprint density at radius 3 is 2.84 bits per heavy atom. The molecular weight excluding hydrogens is 284 g/mol. The summed E-state index contributed by atoms with van der Waals surface area (Å²) < 4.78 is 0. The van der Waals surface area contributed by atoms with Crippen LogP contribution in [0.4, 0.5) is 0 Å². The van der Waals surface area contributed by atoms with Gasteiger partial charge in [0.2, 0.25) is 5.91 Å². The van der Waals surface area contributed by atoms with E-state index in [0.717, 1.165) is 10.6 Å². The van der Waals surface area contributed by atoms with Gasteiger partial charge in [-0.1, -0.05) is 11.6 Å². The average molecular weight is 297 g/mol. The zero-order valence-corrected chi connectivity index (χ0v) is 11.7. The van der Waals surface area contributed by atoms with Gasteiger partial charge in [-0.2, -0.15) is 5.10 Å². The van der Waals surface area contributed by atoms with Gasteiger partial charge in [-0.05, 0) is 24.3 Å². The minimum Gasteiger partial charge on any atom is -0.349 e.